The number of aliphatic carboxylic acids is 3. The number of phenolic OH excluding ortho intramolecular Hbond substituents is 1. The number of rotatable bonds is 8. The molecule has 0 unspecified atom stereocenters. The van der Waals surface area contributed by atoms with Crippen LogP contribution >= 0.6 is 0 Å². The zero-order valence-electron chi connectivity index (χ0n) is 18.8. The summed E-state index contributed by atoms with van der Waals surface area (Å²) in [5.74, 6) is -2.81. The molecule has 1 heterocycles. The van der Waals surface area contributed by atoms with Gasteiger partial charge in [0.05, 0.1) is 6.54 Å². The Balaban J connectivity index is 2.26. The Hall–Kier alpha value is -3.31. The highest BCUT2D eigenvalue weighted by Crippen LogP contribution is 2.23. The third-order valence-corrected chi connectivity index (χ3v) is 5.38. The average molecular weight is 465 g/mol. The first-order valence-corrected chi connectivity index (χ1v) is 10.7. The Morgan fingerprint density at radius 3 is 1.79 bits per heavy atom. The van der Waals surface area contributed by atoms with Crippen LogP contribution < -0.4 is 0 Å². The van der Waals surface area contributed by atoms with Crippen LogP contribution in [0, 0.1) is 6.92 Å². The SMILES string of the molecule is Cc1cccc(CN2CCN(CC(=O)O)/C=C\N(CC(=O)O)CCN(CC(=O)O)CC2)c1O. The van der Waals surface area contributed by atoms with Crippen molar-refractivity contribution >= 4 is 17.9 Å². The minimum atomic E-state index is -1.04. The highest BCUT2D eigenvalue weighted by atomic mass is 16.4. The lowest BCUT2D eigenvalue weighted by Crippen LogP contribution is -2.44. The Bertz CT molecular complexity index is 861. The van der Waals surface area contributed by atoms with Crippen molar-refractivity contribution < 1.29 is 34.8 Å². The van der Waals surface area contributed by atoms with Gasteiger partial charge >= 0.3 is 17.9 Å². The van der Waals surface area contributed by atoms with Gasteiger partial charge in [0.15, 0.2) is 0 Å². The Kier molecular flexibility index (Phi) is 9.95. The molecule has 182 valence electrons. The van der Waals surface area contributed by atoms with E-state index >= 15 is 0 Å². The van der Waals surface area contributed by atoms with Gasteiger partial charge in [-0.15, -0.1) is 0 Å². The molecule has 11 nitrogen and oxygen atoms in total. The van der Waals surface area contributed by atoms with Crippen molar-refractivity contribution in [2.75, 3.05) is 58.9 Å². The van der Waals surface area contributed by atoms with Gasteiger partial charge in [-0.25, -0.2) is 0 Å². The number of carbonyl (C=O) groups is 3. The number of benzene rings is 1. The first kappa shape index (κ1) is 25.9. The highest BCUT2D eigenvalue weighted by Gasteiger charge is 2.18. The van der Waals surface area contributed by atoms with E-state index in [1.807, 2.05) is 30.0 Å². The number of phenols is 1. The van der Waals surface area contributed by atoms with Crippen LogP contribution in [0.5, 0.6) is 5.75 Å². The third-order valence-electron chi connectivity index (χ3n) is 5.38. The highest BCUT2D eigenvalue weighted by molar-refractivity contribution is 5.70. The summed E-state index contributed by atoms with van der Waals surface area (Å²) in [6, 6.07) is 5.49. The molecule has 0 aliphatic carbocycles. The van der Waals surface area contributed by atoms with E-state index in [1.54, 1.807) is 16.0 Å². The molecular weight excluding hydrogens is 432 g/mol. The van der Waals surface area contributed by atoms with E-state index in [0.717, 1.165) is 11.1 Å². The third kappa shape index (κ3) is 9.38. The molecule has 0 saturated carbocycles. The van der Waals surface area contributed by atoms with Crippen LogP contribution in [-0.4, -0.2) is 117 Å². The number of hydrogen-bond donors (Lipinski definition) is 4. The molecule has 4 N–H and O–H groups in total. The van der Waals surface area contributed by atoms with E-state index in [4.69, 9.17) is 0 Å². The first-order chi connectivity index (χ1) is 15.6. The van der Waals surface area contributed by atoms with Crippen molar-refractivity contribution in [3.63, 3.8) is 0 Å². The van der Waals surface area contributed by atoms with Crippen molar-refractivity contribution in [2.45, 2.75) is 13.5 Å². The zero-order chi connectivity index (χ0) is 24.4. The van der Waals surface area contributed by atoms with Gasteiger partial charge in [0, 0.05) is 63.8 Å². The summed E-state index contributed by atoms with van der Waals surface area (Å²) in [6.45, 7) is 3.85. The second kappa shape index (κ2) is 12.7. The number of aromatic hydroxyl groups is 1. The van der Waals surface area contributed by atoms with Gasteiger partial charge < -0.3 is 30.2 Å². The molecule has 0 amide bonds. The molecule has 1 aromatic carbocycles. The van der Waals surface area contributed by atoms with E-state index in [-0.39, 0.29) is 31.9 Å². The minimum Gasteiger partial charge on any atom is -0.507 e. The molecule has 2 rings (SSSR count). The van der Waals surface area contributed by atoms with Gasteiger partial charge in [-0.2, -0.15) is 0 Å². The Labute approximate surface area is 192 Å². The molecule has 1 aliphatic heterocycles. The summed E-state index contributed by atoms with van der Waals surface area (Å²) < 4.78 is 0. The summed E-state index contributed by atoms with van der Waals surface area (Å²) in [5.41, 5.74) is 1.49. The van der Waals surface area contributed by atoms with E-state index in [2.05, 4.69) is 0 Å². The second-order valence-electron chi connectivity index (χ2n) is 8.06. The maximum Gasteiger partial charge on any atom is 0.323 e. The molecule has 0 fully saturated rings. The Morgan fingerprint density at radius 2 is 1.24 bits per heavy atom. The summed E-state index contributed by atoms with van der Waals surface area (Å²) in [4.78, 5) is 40.8. The molecule has 11 heteroatoms. The summed E-state index contributed by atoms with van der Waals surface area (Å²) in [6.07, 6.45) is 3.09. The number of para-hydroxylation sites is 1. The number of hydrogen-bond acceptors (Lipinski definition) is 8. The zero-order valence-corrected chi connectivity index (χ0v) is 18.8. The molecule has 33 heavy (non-hydrogen) atoms. The molecule has 0 spiro atoms. The first-order valence-electron chi connectivity index (χ1n) is 10.7. The van der Waals surface area contributed by atoms with Crippen LogP contribution in [0.1, 0.15) is 11.1 Å². The Morgan fingerprint density at radius 1 is 0.758 bits per heavy atom. The van der Waals surface area contributed by atoms with E-state index in [9.17, 15) is 34.8 Å². The minimum absolute atomic E-state index is 0.181. The van der Waals surface area contributed by atoms with Crippen LogP contribution in [0.4, 0.5) is 0 Å². The fourth-order valence-corrected chi connectivity index (χ4v) is 3.59. The number of aryl methyl sites for hydroxylation is 1. The van der Waals surface area contributed by atoms with Gasteiger partial charge in [0.25, 0.3) is 0 Å². The van der Waals surface area contributed by atoms with Crippen molar-refractivity contribution in [3.8, 4) is 5.75 Å². The number of carboxylic acids is 3. The normalized spacial score (nSPS) is 17.7. The van der Waals surface area contributed by atoms with Crippen molar-refractivity contribution in [2.24, 2.45) is 0 Å². The average Bonchev–Trinajstić information content (AvgIpc) is 2.72. The maximum absolute atomic E-state index is 11.3. The molecule has 0 saturated heterocycles. The smallest absolute Gasteiger partial charge is 0.323 e. The topological polar surface area (TPSA) is 145 Å². The molecule has 0 aromatic heterocycles. The molecule has 0 bridgehead atoms. The molecular formula is C22H32N4O7. The molecule has 0 radical (unpaired) electrons. The number of carboxylic acid groups (broad SMARTS) is 3. The summed E-state index contributed by atoms with van der Waals surface area (Å²) in [7, 11) is 0. The predicted molar refractivity (Wildman–Crippen MR) is 120 cm³/mol. The van der Waals surface area contributed by atoms with Gasteiger partial charge in [-0.1, -0.05) is 18.2 Å². The largest absolute Gasteiger partial charge is 0.507 e. The summed E-state index contributed by atoms with van der Waals surface area (Å²) in [5, 5.41) is 38.1. The lowest BCUT2D eigenvalue weighted by Gasteiger charge is -2.31. The second-order valence-corrected chi connectivity index (χ2v) is 8.06. The quantitative estimate of drug-likeness (QED) is 0.417. The van der Waals surface area contributed by atoms with E-state index in [1.165, 1.54) is 11.1 Å². The van der Waals surface area contributed by atoms with Gasteiger partial charge in [-0.05, 0) is 12.5 Å². The van der Waals surface area contributed by atoms with Crippen LogP contribution in [0.2, 0.25) is 0 Å². The van der Waals surface area contributed by atoms with Crippen molar-refractivity contribution in [1.82, 2.24) is 19.6 Å². The van der Waals surface area contributed by atoms with E-state index < -0.39 is 17.9 Å². The monoisotopic (exact) mass is 464 g/mol. The van der Waals surface area contributed by atoms with Gasteiger partial charge in [0.2, 0.25) is 0 Å². The fraction of sp³-hybridized carbons (Fsp3) is 0.500. The fourth-order valence-electron chi connectivity index (χ4n) is 3.59. The predicted octanol–water partition coefficient (Wildman–Crippen LogP) is 0.147. The lowest BCUT2D eigenvalue weighted by atomic mass is 10.1. The van der Waals surface area contributed by atoms with Crippen molar-refractivity contribution in [1.29, 1.82) is 0 Å². The molecule has 1 aliphatic rings. The van der Waals surface area contributed by atoms with Crippen molar-refractivity contribution in [3.05, 3.63) is 41.7 Å². The molecule has 0 atom stereocenters. The van der Waals surface area contributed by atoms with Crippen LogP contribution in [0.25, 0.3) is 0 Å². The summed E-state index contributed by atoms with van der Waals surface area (Å²) >= 11 is 0. The van der Waals surface area contributed by atoms with Crippen LogP contribution in [0.15, 0.2) is 30.6 Å². The van der Waals surface area contributed by atoms with E-state index in [0.29, 0.717) is 39.3 Å². The number of nitrogens with zero attached hydrogens (tertiary/aromatic N) is 4. The standard InChI is InChI=1S/C22H32N4O7/c1-17-3-2-4-18(22(17)33)13-23-5-7-24(14-19(27)28)9-11-26(16-21(31)32)12-10-25(8-6-23)15-20(29)30/h2-4,9,11,33H,5-8,10,12-16H2,1H3,(H,27,28)(H,29,30)(H,31,32)/b11-9-. The van der Waals surface area contributed by atoms with Gasteiger partial charge in [0.1, 0.15) is 18.8 Å². The lowest BCUT2D eigenvalue weighted by molar-refractivity contribution is -0.139. The van der Waals surface area contributed by atoms with Crippen LogP contribution in [0.3, 0.4) is 0 Å². The molecule has 1 aromatic rings. The van der Waals surface area contributed by atoms with Gasteiger partial charge in [-0.3, -0.25) is 24.2 Å². The maximum atomic E-state index is 11.3. The van der Waals surface area contributed by atoms with Crippen LogP contribution in [-0.2, 0) is 20.9 Å².